The number of benzene rings is 1. The van der Waals surface area contributed by atoms with Gasteiger partial charge in [-0.05, 0) is 24.3 Å². The fraction of sp³-hybridized carbons (Fsp3) is 0.375. The number of carbonyl (C=O) groups is 1. The van der Waals surface area contributed by atoms with Crippen LogP contribution >= 0.6 is 15.9 Å². The molecule has 2 rings (SSSR count). The van der Waals surface area contributed by atoms with Crippen LogP contribution in [-0.4, -0.2) is 24.0 Å². The van der Waals surface area contributed by atoms with Crippen molar-refractivity contribution in [2.75, 3.05) is 18.4 Å². The third-order valence-corrected chi connectivity index (χ3v) is 3.61. The van der Waals surface area contributed by atoms with Crippen LogP contribution in [0.4, 0.5) is 5.69 Å². The van der Waals surface area contributed by atoms with Crippen LogP contribution in [0.2, 0.25) is 0 Å². The number of aromatic nitrogens is 1. The molecule has 0 unspecified atom stereocenters. The maximum absolute atomic E-state index is 11.8. The molecule has 1 heterocycles. The van der Waals surface area contributed by atoms with E-state index in [1.807, 2.05) is 45.0 Å². The summed E-state index contributed by atoms with van der Waals surface area (Å²) in [5, 5.41) is 7.34. The Morgan fingerprint density at radius 3 is 2.71 bits per heavy atom. The molecule has 0 bridgehead atoms. The van der Waals surface area contributed by atoms with Gasteiger partial charge in [0.25, 0.3) is 0 Å². The molecule has 1 aromatic carbocycles. The van der Waals surface area contributed by atoms with Crippen LogP contribution in [-0.2, 0) is 4.79 Å². The summed E-state index contributed by atoms with van der Waals surface area (Å²) >= 11 is 3.45. The molecule has 0 spiro atoms. The molecule has 1 aromatic heterocycles. The van der Waals surface area contributed by atoms with Gasteiger partial charge in [-0.2, -0.15) is 0 Å². The van der Waals surface area contributed by atoms with E-state index >= 15 is 0 Å². The molecule has 2 N–H and O–H groups in total. The first-order valence-corrected chi connectivity index (χ1v) is 7.74. The number of nitrogens with one attached hydrogen (secondary N) is 2. The summed E-state index contributed by atoms with van der Waals surface area (Å²) in [6.45, 7) is 6.99. The molecular formula is C16H20BrN3O. The smallest absolute Gasteiger partial charge is 0.225 e. The van der Waals surface area contributed by atoms with Gasteiger partial charge >= 0.3 is 0 Å². The zero-order chi connectivity index (χ0) is 15.5. The minimum atomic E-state index is -0.352. The normalized spacial score (nSPS) is 11.4. The highest BCUT2D eigenvalue weighted by Gasteiger charge is 2.20. The van der Waals surface area contributed by atoms with Crippen molar-refractivity contribution in [3.05, 3.63) is 34.9 Å². The largest absolute Gasteiger partial charge is 0.383 e. The van der Waals surface area contributed by atoms with E-state index in [2.05, 4.69) is 31.5 Å². The number of rotatable bonds is 4. The summed E-state index contributed by atoms with van der Waals surface area (Å²) in [6, 6.07) is 7.96. The highest BCUT2D eigenvalue weighted by atomic mass is 79.9. The van der Waals surface area contributed by atoms with Crippen molar-refractivity contribution in [2.24, 2.45) is 5.41 Å². The van der Waals surface area contributed by atoms with Crippen molar-refractivity contribution in [3.63, 3.8) is 0 Å². The molecule has 0 fully saturated rings. The van der Waals surface area contributed by atoms with E-state index in [4.69, 9.17) is 0 Å². The summed E-state index contributed by atoms with van der Waals surface area (Å²) in [5.41, 5.74) is 1.61. The number of pyridine rings is 1. The predicted octanol–water partition coefficient (Wildman–Crippen LogP) is 3.57. The van der Waals surface area contributed by atoms with Gasteiger partial charge in [0.1, 0.15) is 0 Å². The van der Waals surface area contributed by atoms with E-state index in [0.29, 0.717) is 13.1 Å². The fourth-order valence-corrected chi connectivity index (χ4v) is 2.26. The highest BCUT2D eigenvalue weighted by molar-refractivity contribution is 9.10. The number of hydrogen-bond donors (Lipinski definition) is 2. The second-order valence-electron chi connectivity index (χ2n) is 5.95. The first kappa shape index (κ1) is 15.8. The minimum absolute atomic E-state index is 0.0628. The Kier molecular flexibility index (Phi) is 4.83. The minimum Gasteiger partial charge on any atom is -0.383 e. The topological polar surface area (TPSA) is 54.0 Å². The van der Waals surface area contributed by atoms with Gasteiger partial charge in [-0.15, -0.1) is 0 Å². The molecular weight excluding hydrogens is 330 g/mol. The molecule has 2 aromatic rings. The Balaban J connectivity index is 1.97. The molecule has 112 valence electrons. The standard InChI is InChI=1S/C16H20BrN3O/c1-16(2,3)15(21)20-9-8-19-13-6-7-18-14-10-11(17)4-5-12(13)14/h4-7,10H,8-9H2,1-3H3,(H,18,19)(H,20,21). The van der Waals surface area contributed by atoms with Gasteiger partial charge in [0.2, 0.25) is 5.91 Å². The molecule has 0 aliphatic rings. The number of carbonyl (C=O) groups excluding carboxylic acids is 1. The average Bonchev–Trinajstić information content (AvgIpc) is 2.41. The van der Waals surface area contributed by atoms with Gasteiger partial charge in [0, 0.05) is 40.2 Å². The zero-order valence-corrected chi connectivity index (χ0v) is 14.1. The van der Waals surface area contributed by atoms with E-state index in [1.54, 1.807) is 6.20 Å². The van der Waals surface area contributed by atoms with Crippen molar-refractivity contribution < 1.29 is 4.79 Å². The van der Waals surface area contributed by atoms with Crippen LogP contribution in [0, 0.1) is 5.41 Å². The van der Waals surface area contributed by atoms with E-state index in [-0.39, 0.29) is 11.3 Å². The van der Waals surface area contributed by atoms with Crippen molar-refractivity contribution in [1.29, 1.82) is 0 Å². The Hall–Kier alpha value is -1.62. The van der Waals surface area contributed by atoms with Crippen LogP contribution < -0.4 is 10.6 Å². The van der Waals surface area contributed by atoms with Gasteiger partial charge in [-0.3, -0.25) is 9.78 Å². The third kappa shape index (κ3) is 4.17. The molecule has 5 heteroatoms. The zero-order valence-electron chi connectivity index (χ0n) is 12.5. The Morgan fingerprint density at radius 1 is 1.24 bits per heavy atom. The van der Waals surface area contributed by atoms with E-state index in [1.165, 1.54) is 0 Å². The maximum Gasteiger partial charge on any atom is 0.225 e. The Labute approximate surface area is 133 Å². The van der Waals surface area contributed by atoms with Crippen molar-refractivity contribution in [3.8, 4) is 0 Å². The van der Waals surface area contributed by atoms with Gasteiger partial charge < -0.3 is 10.6 Å². The van der Waals surface area contributed by atoms with Gasteiger partial charge in [-0.25, -0.2) is 0 Å². The number of anilines is 1. The van der Waals surface area contributed by atoms with Crippen molar-refractivity contribution in [2.45, 2.75) is 20.8 Å². The molecule has 0 saturated carbocycles. The Bertz CT molecular complexity index is 650. The maximum atomic E-state index is 11.8. The van der Waals surface area contributed by atoms with Gasteiger partial charge in [0.15, 0.2) is 0 Å². The molecule has 1 amide bonds. The quantitative estimate of drug-likeness (QED) is 0.829. The van der Waals surface area contributed by atoms with Crippen molar-refractivity contribution >= 4 is 38.4 Å². The summed E-state index contributed by atoms with van der Waals surface area (Å²) < 4.78 is 1.01. The number of hydrogen-bond acceptors (Lipinski definition) is 3. The summed E-state index contributed by atoms with van der Waals surface area (Å²) in [4.78, 5) is 16.1. The molecule has 0 aliphatic heterocycles. The lowest BCUT2D eigenvalue weighted by Gasteiger charge is -2.18. The van der Waals surface area contributed by atoms with Crippen molar-refractivity contribution in [1.82, 2.24) is 10.3 Å². The highest BCUT2D eigenvalue weighted by Crippen LogP contribution is 2.24. The van der Waals surface area contributed by atoms with Crippen LogP contribution in [0.3, 0.4) is 0 Å². The summed E-state index contributed by atoms with van der Waals surface area (Å²) in [7, 11) is 0. The fourth-order valence-electron chi connectivity index (χ4n) is 1.91. The molecule has 0 aliphatic carbocycles. The van der Waals surface area contributed by atoms with Gasteiger partial charge in [0.05, 0.1) is 5.52 Å². The summed E-state index contributed by atoms with van der Waals surface area (Å²) in [5.74, 6) is 0.0628. The van der Waals surface area contributed by atoms with Crippen LogP contribution in [0.5, 0.6) is 0 Å². The van der Waals surface area contributed by atoms with Crippen LogP contribution in [0.25, 0.3) is 10.9 Å². The Morgan fingerprint density at radius 2 is 2.00 bits per heavy atom. The van der Waals surface area contributed by atoms with E-state index < -0.39 is 0 Å². The lowest BCUT2D eigenvalue weighted by atomic mass is 9.96. The predicted molar refractivity (Wildman–Crippen MR) is 90.4 cm³/mol. The second-order valence-corrected chi connectivity index (χ2v) is 6.87. The lowest BCUT2D eigenvalue weighted by molar-refractivity contribution is -0.128. The first-order chi connectivity index (χ1) is 9.88. The number of amides is 1. The lowest BCUT2D eigenvalue weighted by Crippen LogP contribution is -2.37. The summed E-state index contributed by atoms with van der Waals surface area (Å²) in [6.07, 6.45) is 1.78. The SMILES string of the molecule is CC(C)(C)C(=O)NCCNc1ccnc2cc(Br)ccc12. The third-order valence-electron chi connectivity index (χ3n) is 3.11. The van der Waals surface area contributed by atoms with E-state index in [9.17, 15) is 4.79 Å². The molecule has 4 nitrogen and oxygen atoms in total. The monoisotopic (exact) mass is 349 g/mol. The van der Waals surface area contributed by atoms with E-state index in [0.717, 1.165) is 21.1 Å². The first-order valence-electron chi connectivity index (χ1n) is 6.94. The van der Waals surface area contributed by atoms with Crippen LogP contribution in [0.15, 0.2) is 34.9 Å². The van der Waals surface area contributed by atoms with Crippen LogP contribution in [0.1, 0.15) is 20.8 Å². The number of halogens is 1. The molecule has 0 saturated heterocycles. The molecule has 0 atom stereocenters. The number of fused-ring (bicyclic) bond motifs is 1. The average molecular weight is 350 g/mol. The molecule has 0 radical (unpaired) electrons. The molecule has 21 heavy (non-hydrogen) atoms. The van der Waals surface area contributed by atoms with Gasteiger partial charge in [-0.1, -0.05) is 36.7 Å². The second kappa shape index (κ2) is 6.43. The number of nitrogens with zero attached hydrogens (tertiary/aromatic N) is 1.